The molecule has 0 aliphatic heterocycles. The van der Waals surface area contributed by atoms with E-state index < -0.39 is 0 Å². The van der Waals surface area contributed by atoms with E-state index in [0.29, 0.717) is 0 Å². The van der Waals surface area contributed by atoms with Gasteiger partial charge in [-0.2, -0.15) is 0 Å². The molecule has 2 aromatic heterocycles. The highest BCUT2D eigenvalue weighted by molar-refractivity contribution is 6.21. The van der Waals surface area contributed by atoms with Crippen LogP contribution in [0.3, 0.4) is 0 Å². The van der Waals surface area contributed by atoms with Crippen LogP contribution in [0, 0.1) is 13.8 Å². The second kappa shape index (κ2) is 13.2. The fraction of sp³-hybridized carbons (Fsp3) is 0.0566. The molecular formula is C53H40N2. The summed E-state index contributed by atoms with van der Waals surface area (Å²) in [7, 11) is 0. The Morgan fingerprint density at radius 1 is 0.400 bits per heavy atom. The zero-order valence-electron chi connectivity index (χ0n) is 31.3. The number of aromatic nitrogens is 2. The average Bonchev–Trinajstić information content (AvgIpc) is 3.74. The smallest absolute Gasteiger partial charge is 0.0543 e. The maximum atomic E-state index is 2.43. The number of hydrogen-bond acceptors (Lipinski definition) is 0. The summed E-state index contributed by atoms with van der Waals surface area (Å²) < 4.78 is 4.78. The molecule has 2 nitrogen and oxygen atoms in total. The number of allylic oxidation sites excluding steroid dienone is 3. The molecule has 0 saturated carbocycles. The largest absolute Gasteiger partial charge is 0.310 e. The minimum atomic E-state index is 1.14. The van der Waals surface area contributed by atoms with Crippen LogP contribution in [0.15, 0.2) is 182 Å². The van der Waals surface area contributed by atoms with Gasteiger partial charge in [0.2, 0.25) is 0 Å². The molecule has 8 aromatic carbocycles. The van der Waals surface area contributed by atoms with Crippen molar-refractivity contribution in [3.8, 4) is 33.6 Å². The number of rotatable bonds is 6. The molecule has 0 N–H and O–H groups in total. The number of nitrogens with zero attached hydrogens (tertiary/aromatic N) is 2. The molecule has 10 rings (SSSR count). The van der Waals surface area contributed by atoms with Crippen molar-refractivity contribution in [3.63, 3.8) is 0 Å². The van der Waals surface area contributed by atoms with Gasteiger partial charge in [-0.25, -0.2) is 0 Å². The van der Waals surface area contributed by atoms with E-state index in [1.807, 2.05) is 6.92 Å². The van der Waals surface area contributed by atoms with E-state index in [2.05, 4.69) is 211 Å². The highest BCUT2D eigenvalue weighted by Gasteiger charge is 2.18. The van der Waals surface area contributed by atoms with Gasteiger partial charge in [-0.05, 0) is 130 Å². The molecule has 10 aromatic rings. The van der Waals surface area contributed by atoms with E-state index in [1.54, 1.807) is 0 Å². The van der Waals surface area contributed by atoms with Gasteiger partial charge in [0.1, 0.15) is 0 Å². The van der Waals surface area contributed by atoms with E-state index in [0.717, 1.165) is 11.4 Å². The second-order valence-electron chi connectivity index (χ2n) is 14.7. The lowest BCUT2D eigenvalue weighted by Crippen LogP contribution is -1.97. The monoisotopic (exact) mass is 704 g/mol. The van der Waals surface area contributed by atoms with E-state index in [9.17, 15) is 0 Å². The number of fused-ring (bicyclic) bond motifs is 6. The predicted octanol–water partition coefficient (Wildman–Crippen LogP) is 14.6. The molecule has 0 radical (unpaired) electrons. The Morgan fingerprint density at radius 2 is 0.873 bits per heavy atom. The van der Waals surface area contributed by atoms with Crippen molar-refractivity contribution in [2.75, 3.05) is 0 Å². The van der Waals surface area contributed by atoms with Crippen LogP contribution in [0.1, 0.15) is 23.7 Å². The number of aryl methyl sites for hydroxylation is 2. The quantitative estimate of drug-likeness (QED) is 0.120. The van der Waals surface area contributed by atoms with E-state index in [4.69, 9.17) is 0 Å². The summed E-state index contributed by atoms with van der Waals surface area (Å²) in [6.07, 6.45) is 8.43. The first-order valence-electron chi connectivity index (χ1n) is 19.1. The molecule has 0 amide bonds. The van der Waals surface area contributed by atoms with Gasteiger partial charge in [0.15, 0.2) is 0 Å². The first-order valence-corrected chi connectivity index (χ1v) is 19.1. The lowest BCUT2D eigenvalue weighted by atomic mass is 9.86. The van der Waals surface area contributed by atoms with Gasteiger partial charge in [0, 0.05) is 33.2 Å². The van der Waals surface area contributed by atoms with Gasteiger partial charge >= 0.3 is 0 Å². The Hall–Kier alpha value is -6.90. The fourth-order valence-corrected chi connectivity index (χ4v) is 8.67. The van der Waals surface area contributed by atoms with Crippen molar-refractivity contribution >= 4 is 60.3 Å². The average molecular weight is 705 g/mol. The third-order valence-electron chi connectivity index (χ3n) is 11.1. The van der Waals surface area contributed by atoms with E-state index >= 15 is 0 Å². The molecule has 262 valence electrons. The van der Waals surface area contributed by atoms with Crippen LogP contribution in [0.2, 0.25) is 0 Å². The molecule has 0 bridgehead atoms. The maximum Gasteiger partial charge on any atom is 0.0543 e. The summed E-state index contributed by atoms with van der Waals surface area (Å²) in [6, 6.07) is 60.6. The van der Waals surface area contributed by atoms with Gasteiger partial charge in [0.25, 0.3) is 0 Å². The van der Waals surface area contributed by atoms with Gasteiger partial charge in [-0.1, -0.05) is 133 Å². The molecule has 0 spiro atoms. The van der Waals surface area contributed by atoms with Crippen molar-refractivity contribution in [1.29, 1.82) is 0 Å². The van der Waals surface area contributed by atoms with E-state index in [-0.39, 0.29) is 0 Å². The van der Waals surface area contributed by atoms with Gasteiger partial charge in [-0.15, -0.1) is 0 Å². The molecule has 0 aliphatic carbocycles. The number of hydrogen-bond donors (Lipinski definition) is 0. The van der Waals surface area contributed by atoms with Gasteiger partial charge < -0.3 is 9.13 Å². The van der Waals surface area contributed by atoms with Crippen LogP contribution >= 0.6 is 0 Å². The number of para-hydroxylation sites is 1. The normalized spacial score (nSPS) is 12.1. The summed E-state index contributed by atoms with van der Waals surface area (Å²) >= 11 is 0. The molecule has 0 unspecified atom stereocenters. The molecule has 0 atom stereocenters. The minimum absolute atomic E-state index is 1.14. The highest BCUT2D eigenvalue weighted by Crippen LogP contribution is 2.44. The van der Waals surface area contributed by atoms with Crippen LogP contribution in [0.5, 0.6) is 0 Å². The Balaban J connectivity index is 1.12. The third-order valence-corrected chi connectivity index (χ3v) is 11.1. The fourth-order valence-electron chi connectivity index (χ4n) is 8.67. The van der Waals surface area contributed by atoms with Crippen molar-refractivity contribution in [2.45, 2.75) is 20.8 Å². The Morgan fingerprint density at radius 3 is 1.38 bits per heavy atom. The van der Waals surface area contributed by atoms with Crippen LogP contribution in [0.25, 0.3) is 94.0 Å². The van der Waals surface area contributed by atoms with Crippen molar-refractivity contribution < 1.29 is 0 Å². The van der Waals surface area contributed by atoms with Crippen LogP contribution in [-0.4, -0.2) is 9.13 Å². The van der Waals surface area contributed by atoms with E-state index in [1.165, 1.54) is 93.3 Å². The lowest BCUT2D eigenvalue weighted by molar-refractivity contribution is 1.11. The summed E-state index contributed by atoms with van der Waals surface area (Å²) in [6.45, 7) is 6.40. The SMILES string of the molecule is C/C=C\C=C/c1cc2ccccc2n1-c1ccc(-c2c3ccccc3c(-c3ccc(-n4c5cc(C)ccc5c5ccc(C)cc54)cc3)c3ccccc23)cc1. The molecule has 0 fully saturated rings. The summed E-state index contributed by atoms with van der Waals surface area (Å²) in [5.41, 5.74) is 14.6. The first-order chi connectivity index (χ1) is 27.1. The van der Waals surface area contributed by atoms with Gasteiger partial charge in [0.05, 0.1) is 16.6 Å². The maximum absolute atomic E-state index is 2.43. The minimum Gasteiger partial charge on any atom is -0.310 e. The Bertz CT molecular complexity index is 3030. The summed E-state index contributed by atoms with van der Waals surface area (Å²) in [4.78, 5) is 0. The number of benzene rings is 8. The third kappa shape index (κ3) is 5.41. The molecule has 55 heavy (non-hydrogen) atoms. The Labute approximate surface area is 321 Å². The molecule has 0 saturated heterocycles. The summed E-state index contributed by atoms with van der Waals surface area (Å²) in [5, 5.41) is 8.81. The van der Waals surface area contributed by atoms with Crippen molar-refractivity contribution in [2.24, 2.45) is 0 Å². The van der Waals surface area contributed by atoms with Crippen LogP contribution in [-0.2, 0) is 0 Å². The first kappa shape index (κ1) is 32.7. The van der Waals surface area contributed by atoms with Crippen molar-refractivity contribution in [3.05, 3.63) is 199 Å². The molecule has 2 heteroatoms. The lowest BCUT2D eigenvalue weighted by Gasteiger charge is -2.18. The van der Waals surface area contributed by atoms with Crippen LogP contribution in [0.4, 0.5) is 0 Å². The second-order valence-corrected chi connectivity index (χ2v) is 14.7. The predicted molar refractivity (Wildman–Crippen MR) is 237 cm³/mol. The summed E-state index contributed by atoms with van der Waals surface area (Å²) in [5.74, 6) is 0. The topological polar surface area (TPSA) is 9.86 Å². The zero-order valence-corrected chi connectivity index (χ0v) is 31.3. The highest BCUT2D eigenvalue weighted by atomic mass is 15.0. The zero-order chi connectivity index (χ0) is 37.0. The standard InChI is InChI=1S/C53H40N2/c1-4-5-6-14-42-34-39-13-7-12-19-49(39)54(42)40-26-22-37(23-27-40)52-45-15-8-10-17-47(45)53(48-18-11-9-16-46(48)52)38-24-28-41(29-25-38)55-50-32-35(2)20-30-43(50)44-31-21-36(3)33-51(44)55/h4-34H,1-3H3/b5-4-,14-6-. The molecule has 0 aliphatic rings. The molecular weight excluding hydrogens is 665 g/mol. The Kier molecular flexibility index (Phi) is 7.85. The van der Waals surface area contributed by atoms with Gasteiger partial charge in [-0.3, -0.25) is 0 Å². The van der Waals surface area contributed by atoms with Crippen LogP contribution < -0.4 is 0 Å². The molecule has 2 heterocycles. The van der Waals surface area contributed by atoms with Crippen molar-refractivity contribution in [1.82, 2.24) is 9.13 Å².